The van der Waals surface area contributed by atoms with Crippen LogP contribution in [0.15, 0.2) is 47.4 Å². The Morgan fingerprint density at radius 2 is 1.75 bits per heavy atom. The molecule has 8 heteroatoms. The number of benzene rings is 2. The average Bonchev–Trinajstić information content (AvgIpc) is 2.63. The number of ether oxygens (including phenoxy) is 1. The van der Waals surface area contributed by atoms with Crippen LogP contribution in [-0.4, -0.2) is 32.9 Å². The number of carbonyl (C=O) groups excluding carboxylic acids is 2. The molecule has 150 valence electrons. The lowest BCUT2D eigenvalue weighted by Crippen LogP contribution is -2.37. The lowest BCUT2D eigenvalue weighted by molar-refractivity contribution is -0.129. The second kappa shape index (κ2) is 8.99. The fourth-order valence-corrected chi connectivity index (χ4v) is 3.07. The number of nitrogens with one attached hydrogen (secondary N) is 1. The van der Waals surface area contributed by atoms with Crippen LogP contribution in [0.3, 0.4) is 0 Å². The number of nitrogens with two attached hydrogens (primary N) is 1. The third-order valence-corrected chi connectivity index (χ3v) is 5.16. The molecule has 0 aliphatic carbocycles. The van der Waals surface area contributed by atoms with Gasteiger partial charge in [-0.25, -0.2) is 18.4 Å². The fourth-order valence-electron chi connectivity index (χ4n) is 2.55. The Bertz CT molecular complexity index is 969. The third-order valence-electron chi connectivity index (χ3n) is 4.23. The smallest absolute Gasteiger partial charge is 0.339 e. The van der Waals surface area contributed by atoms with E-state index in [0.29, 0.717) is 18.5 Å². The molecule has 1 amide bonds. The third kappa shape index (κ3) is 5.90. The van der Waals surface area contributed by atoms with E-state index in [2.05, 4.69) is 5.32 Å². The molecule has 0 saturated carbocycles. The predicted octanol–water partition coefficient (Wildman–Crippen LogP) is 1.86. The number of esters is 1. The summed E-state index contributed by atoms with van der Waals surface area (Å²) in [6, 6.07) is 11.6. The van der Waals surface area contributed by atoms with Crippen LogP contribution in [0, 0.1) is 13.8 Å². The van der Waals surface area contributed by atoms with Crippen LogP contribution < -0.4 is 10.5 Å². The molecule has 0 bridgehead atoms. The Morgan fingerprint density at radius 1 is 1.11 bits per heavy atom. The second-order valence-electron chi connectivity index (χ2n) is 6.60. The molecule has 3 N–H and O–H groups in total. The Labute approximate surface area is 164 Å². The van der Waals surface area contributed by atoms with Crippen LogP contribution in [0.1, 0.15) is 34.0 Å². The van der Waals surface area contributed by atoms with E-state index in [0.717, 1.165) is 16.7 Å². The van der Waals surface area contributed by atoms with Crippen LogP contribution in [0.4, 0.5) is 0 Å². The number of rotatable bonds is 7. The first-order valence-corrected chi connectivity index (χ1v) is 10.3. The van der Waals surface area contributed by atoms with Crippen molar-refractivity contribution < 1.29 is 22.7 Å². The van der Waals surface area contributed by atoms with Crippen molar-refractivity contribution >= 4 is 21.9 Å². The number of hydrogen-bond acceptors (Lipinski definition) is 5. The monoisotopic (exact) mass is 404 g/mol. The minimum atomic E-state index is -3.72. The summed E-state index contributed by atoms with van der Waals surface area (Å²) in [5, 5.41) is 7.75. The molecule has 2 aromatic carbocycles. The molecule has 7 nitrogen and oxygen atoms in total. The SMILES string of the molecule is Cc1ccc(C)c(C(=O)OC(C)C(=O)NCCc2ccc(S(N)(=O)=O)cc2)c1. The maximum atomic E-state index is 12.3. The number of carbonyl (C=O) groups is 2. The fraction of sp³-hybridized carbons (Fsp3) is 0.300. The van der Waals surface area contributed by atoms with Crippen LogP contribution in [-0.2, 0) is 26.0 Å². The Balaban J connectivity index is 1.85. The van der Waals surface area contributed by atoms with E-state index in [-0.39, 0.29) is 4.90 Å². The summed E-state index contributed by atoms with van der Waals surface area (Å²) in [6.45, 7) is 5.52. The molecule has 0 spiro atoms. The Hall–Kier alpha value is -2.71. The number of hydrogen-bond donors (Lipinski definition) is 2. The summed E-state index contributed by atoms with van der Waals surface area (Å²) in [4.78, 5) is 24.5. The van der Waals surface area contributed by atoms with Crippen LogP contribution in [0.25, 0.3) is 0 Å². The van der Waals surface area contributed by atoms with E-state index < -0.39 is 28.0 Å². The summed E-state index contributed by atoms with van der Waals surface area (Å²) < 4.78 is 27.7. The maximum absolute atomic E-state index is 12.3. The highest BCUT2D eigenvalue weighted by Gasteiger charge is 2.19. The molecule has 2 aromatic rings. The van der Waals surface area contributed by atoms with E-state index in [1.54, 1.807) is 18.2 Å². The van der Waals surface area contributed by atoms with E-state index in [9.17, 15) is 18.0 Å². The van der Waals surface area contributed by atoms with Crippen molar-refractivity contribution in [2.75, 3.05) is 6.54 Å². The lowest BCUT2D eigenvalue weighted by Gasteiger charge is -2.15. The molecule has 0 saturated heterocycles. The molecule has 1 atom stereocenters. The van der Waals surface area contributed by atoms with Crippen LogP contribution in [0.5, 0.6) is 0 Å². The molecule has 0 aliphatic rings. The van der Waals surface area contributed by atoms with Crippen molar-refractivity contribution in [3.8, 4) is 0 Å². The van der Waals surface area contributed by atoms with Crippen molar-refractivity contribution in [2.24, 2.45) is 5.14 Å². The zero-order valence-corrected chi connectivity index (χ0v) is 16.9. The van der Waals surface area contributed by atoms with Gasteiger partial charge in [0.15, 0.2) is 6.10 Å². The van der Waals surface area contributed by atoms with Gasteiger partial charge in [-0.3, -0.25) is 4.79 Å². The molecular formula is C20H24N2O5S. The number of primary sulfonamides is 1. The highest BCUT2D eigenvalue weighted by molar-refractivity contribution is 7.89. The van der Waals surface area contributed by atoms with E-state index in [1.807, 2.05) is 26.0 Å². The highest BCUT2D eigenvalue weighted by Crippen LogP contribution is 2.13. The van der Waals surface area contributed by atoms with E-state index in [1.165, 1.54) is 19.1 Å². The standard InChI is InChI=1S/C20H24N2O5S/c1-13-4-5-14(2)18(12-13)20(24)27-15(3)19(23)22-11-10-16-6-8-17(9-7-16)28(21,25)26/h4-9,12,15H,10-11H2,1-3H3,(H,22,23)(H2,21,25,26). The summed E-state index contributed by atoms with van der Waals surface area (Å²) in [7, 11) is -3.72. The van der Waals surface area contributed by atoms with Crippen molar-refractivity contribution in [1.82, 2.24) is 5.32 Å². The molecular weight excluding hydrogens is 380 g/mol. The van der Waals surface area contributed by atoms with Gasteiger partial charge in [-0.2, -0.15) is 0 Å². The van der Waals surface area contributed by atoms with Gasteiger partial charge < -0.3 is 10.1 Å². The van der Waals surface area contributed by atoms with Gasteiger partial charge in [-0.1, -0.05) is 29.8 Å². The quantitative estimate of drug-likeness (QED) is 0.684. The van der Waals surface area contributed by atoms with Gasteiger partial charge in [-0.05, 0) is 56.5 Å². The van der Waals surface area contributed by atoms with Gasteiger partial charge in [0.05, 0.1) is 10.5 Å². The van der Waals surface area contributed by atoms with Gasteiger partial charge in [0.1, 0.15) is 0 Å². The van der Waals surface area contributed by atoms with E-state index in [4.69, 9.17) is 9.88 Å². The normalized spacial score (nSPS) is 12.3. The summed E-state index contributed by atoms with van der Waals surface area (Å²) >= 11 is 0. The number of sulfonamides is 1. The first-order valence-electron chi connectivity index (χ1n) is 8.75. The first kappa shape index (κ1) is 21.6. The van der Waals surface area contributed by atoms with Gasteiger partial charge in [0, 0.05) is 6.54 Å². The van der Waals surface area contributed by atoms with Gasteiger partial charge in [0.25, 0.3) is 5.91 Å². The largest absolute Gasteiger partial charge is 0.449 e. The maximum Gasteiger partial charge on any atom is 0.339 e. The van der Waals surface area contributed by atoms with Crippen LogP contribution in [0.2, 0.25) is 0 Å². The molecule has 0 heterocycles. The van der Waals surface area contributed by atoms with E-state index >= 15 is 0 Å². The van der Waals surface area contributed by atoms with Crippen LogP contribution >= 0.6 is 0 Å². The number of aryl methyl sites for hydroxylation is 2. The molecule has 1 unspecified atom stereocenters. The Morgan fingerprint density at radius 3 is 2.36 bits per heavy atom. The van der Waals surface area contributed by atoms with Crippen molar-refractivity contribution in [3.05, 3.63) is 64.7 Å². The zero-order valence-electron chi connectivity index (χ0n) is 16.1. The van der Waals surface area contributed by atoms with Gasteiger partial charge >= 0.3 is 5.97 Å². The number of amides is 1. The minimum Gasteiger partial charge on any atom is -0.449 e. The molecule has 0 fully saturated rings. The van der Waals surface area contributed by atoms with Crippen molar-refractivity contribution in [3.63, 3.8) is 0 Å². The second-order valence-corrected chi connectivity index (χ2v) is 8.16. The summed E-state index contributed by atoms with van der Waals surface area (Å²) in [6.07, 6.45) is -0.439. The van der Waals surface area contributed by atoms with Crippen molar-refractivity contribution in [1.29, 1.82) is 0 Å². The lowest BCUT2D eigenvalue weighted by atomic mass is 10.1. The van der Waals surface area contributed by atoms with Crippen molar-refractivity contribution in [2.45, 2.75) is 38.2 Å². The first-order chi connectivity index (χ1) is 13.1. The summed E-state index contributed by atoms with van der Waals surface area (Å²) in [5.74, 6) is -0.942. The highest BCUT2D eigenvalue weighted by atomic mass is 32.2. The summed E-state index contributed by atoms with van der Waals surface area (Å²) in [5.41, 5.74) is 3.00. The Kier molecular flexibility index (Phi) is 6.93. The molecule has 0 radical (unpaired) electrons. The van der Waals surface area contributed by atoms with Gasteiger partial charge in [-0.15, -0.1) is 0 Å². The molecule has 0 aliphatic heterocycles. The molecule has 0 aromatic heterocycles. The average molecular weight is 404 g/mol. The predicted molar refractivity (Wildman–Crippen MR) is 105 cm³/mol. The molecule has 28 heavy (non-hydrogen) atoms. The minimum absolute atomic E-state index is 0.0345. The molecule has 2 rings (SSSR count). The zero-order chi connectivity index (χ0) is 20.9. The van der Waals surface area contributed by atoms with Gasteiger partial charge in [0.2, 0.25) is 10.0 Å². The topological polar surface area (TPSA) is 116 Å².